The summed E-state index contributed by atoms with van der Waals surface area (Å²) in [6, 6.07) is 21.6. The molecule has 1 saturated carbocycles. The lowest BCUT2D eigenvalue weighted by Gasteiger charge is -2.40. The van der Waals surface area contributed by atoms with E-state index < -0.39 is 16.1 Å². The van der Waals surface area contributed by atoms with Crippen molar-refractivity contribution in [3.8, 4) is 17.0 Å². The van der Waals surface area contributed by atoms with Gasteiger partial charge in [0.15, 0.2) is 0 Å². The average molecular weight is 696 g/mol. The maximum absolute atomic E-state index is 14.9. The molecular weight excluding hydrogens is 651 g/mol. The van der Waals surface area contributed by atoms with E-state index in [9.17, 15) is 18.0 Å². The number of fused-ring (bicyclic) bond motifs is 5. The molecule has 4 aromatic rings. The van der Waals surface area contributed by atoms with Gasteiger partial charge in [0, 0.05) is 61.3 Å². The highest BCUT2D eigenvalue weighted by Crippen LogP contribution is 2.47. The van der Waals surface area contributed by atoms with Crippen LogP contribution in [-0.4, -0.2) is 86.8 Å². The van der Waals surface area contributed by atoms with Crippen LogP contribution in [0, 0.1) is 0 Å². The lowest BCUT2D eigenvalue weighted by molar-refractivity contribution is -0.132. The lowest BCUT2D eigenvalue weighted by Crippen LogP contribution is -2.49. The Hall–Kier alpha value is -4.45. The molecule has 0 radical (unpaired) electrons. The van der Waals surface area contributed by atoms with Gasteiger partial charge in [-0.3, -0.25) is 9.59 Å². The predicted molar refractivity (Wildman–Crippen MR) is 196 cm³/mol. The zero-order chi connectivity index (χ0) is 35.2. The first-order chi connectivity index (χ1) is 24.1. The van der Waals surface area contributed by atoms with Crippen LogP contribution in [0.5, 0.6) is 5.75 Å². The first-order valence-electron chi connectivity index (χ1n) is 17.4. The molecule has 0 spiro atoms. The molecule has 1 unspecified atom stereocenters. The number of amides is 2. The Kier molecular flexibility index (Phi) is 9.32. The number of aromatic nitrogens is 1. The molecule has 1 aliphatic carbocycles. The minimum Gasteiger partial charge on any atom is -0.497 e. The summed E-state index contributed by atoms with van der Waals surface area (Å²) in [5, 5.41) is 1.02. The maximum atomic E-state index is 14.9. The number of ether oxygens (including phenoxy) is 1. The summed E-state index contributed by atoms with van der Waals surface area (Å²) >= 11 is 0. The molecule has 1 saturated heterocycles. The van der Waals surface area contributed by atoms with Crippen molar-refractivity contribution in [3.05, 3.63) is 94.6 Å². The van der Waals surface area contributed by atoms with Gasteiger partial charge in [-0.1, -0.05) is 55.7 Å². The summed E-state index contributed by atoms with van der Waals surface area (Å²) in [5.41, 5.74) is 6.95. The number of nitrogens with one attached hydrogen (secondary N) is 1. The molecule has 1 aromatic heterocycles. The number of carbonyl (C=O) groups excluding carboxylic acids is 2. The van der Waals surface area contributed by atoms with Gasteiger partial charge in [0.05, 0.1) is 25.4 Å². The first kappa shape index (κ1) is 34.0. The van der Waals surface area contributed by atoms with Crippen LogP contribution in [0.25, 0.3) is 28.2 Å². The fourth-order valence-corrected chi connectivity index (χ4v) is 8.42. The van der Waals surface area contributed by atoms with Crippen LogP contribution >= 0.6 is 0 Å². The van der Waals surface area contributed by atoms with Gasteiger partial charge in [0.25, 0.3) is 11.8 Å². The van der Waals surface area contributed by atoms with Gasteiger partial charge in [-0.15, -0.1) is 0 Å². The Morgan fingerprint density at radius 3 is 2.42 bits per heavy atom. The molecule has 3 heterocycles. The zero-order valence-corrected chi connectivity index (χ0v) is 30.0. The molecule has 3 aromatic carbocycles. The van der Waals surface area contributed by atoms with E-state index in [1.54, 1.807) is 19.2 Å². The van der Waals surface area contributed by atoms with E-state index in [0.29, 0.717) is 30.3 Å². The summed E-state index contributed by atoms with van der Waals surface area (Å²) in [7, 11) is 2.50. The molecule has 2 fully saturated rings. The van der Waals surface area contributed by atoms with E-state index in [2.05, 4.69) is 39.4 Å². The van der Waals surface area contributed by atoms with Gasteiger partial charge in [-0.25, -0.2) is 4.72 Å². The molecule has 262 valence electrons. The highest BCUT2D eigenvalue weighted by molar-refractivity contribution is 7.87. The predicted octanol–water partition coefficient (Wildman–Crippen LogP) is 5.81. The van der Waals surface area contributed by atoms with E-state index in [1.165, 1.54) is 26.1 Å². The third-order valence-corrected chi connectivity index (χ3v) is 12.0. The standard InChI is InChI=1S/C39H45N5O5S/c1-41(2)50(47,48)40-38(45)28-15-17-33-34(23-28)44-24-30(39(46)43-20-19-42(3)25-35(43)26-11-7-5-8-12-26)21-29-22-31(49-4)16-18-32(29)37(44)36(33)27-13-9-6-10-14-27/h5,7-8,11-12,15-18,21-23,27,35H,6,9-10,13-14,19-20,24-25H2,1-4H3,(H,40,45). The molecular formula is C39H45N5O5S. The van der Waals surface area contributed by atoms with Crippen molar-refractivity contribution in [1.29, 1.82) is 0 Å². The number of likely N-dealkylation sites (N-methyl/N-ethyl adjacent to an activating group) is 1. The lowest BCUT2D eigenvalue weighted by atomic mass is 9.81. The Morgan fingerprint density at radius 1 is 0.940 bits per heavy atom. The van der Waals surface area contributed by atoms with Crippen LogP contribution in [0.2, 0.25) is 0 Å². The number of nitrogens with zero attached hydrogens (tertiary/aromatic N) is 4. The van der Waals surface area contributed by atoms with E-state index in [-0.39, 0.29) is 17.5 Å². The summed E-state index contributed by atoms with van der Waals surface area (Å²) in [6.45, 7) is 2.38. The first-order valence-corrected chi connectivity index (χ1v) is 18.8. The second-order valence-corrected chi connectivity index (χ2v) is 15.8. The van der Waals surface area contributed by atoms with Gasteiger partial charge in [0.1, 0.15) is 5.75 Å². The molecule has 50 heavy (non-hydrogen) atoms. The summed E-state index contributed by atoms with van der Waals surface area (Å²) in [4.78, 5) is 32.5. The van der Waals surface area contributed by atoms with Crippen molar-refractivity contribution in [1.82, 2.24) is 23.4 Å². The van der Waals surface area contributed by atoms with Crippen molar-refractivity contribution in [2.45, 2.75) is 50.6 Å². The highest BCUT2D eigenvalue weighted by Gasteiger charge is 2.35. The molecule has 1 N–H and O–H groups in total. The summed E-state index contributed by atoms with van der Waals surface area (Å²) < 4.78 is 36.2. The minimum absolute atomic E-state index is 0.0272. The fraction of sp³-hybridized carbons (Fsp3) is 0.385. The van der Waals surface area contributed by atoms with Crippen LogP contribution in [0.1, 0.15) is 71.1 Å². The number of piperazine rings is 1. The normalized spacial score (nSPS) is 18.7. The van der Waals surface area contributed by atoms with Crippen molar-refractivity contribution < 1.29 is 22.7 Å². The molecule has 11 heteroatoms. The monoisotopic (exact) mass is 695 g/mol. The number of benzene rings is 3. The second-order valence-electron chi connectivity index (χ2n) is 13.9. The van der Waals surface area contributed by atoms with E-state index >= 15 is 0 Å². The third kappa shape index (κ3) is 6.34. The van der Waals surface area contributed by atoms with Gasteiger partial charge < -0.3 is 19.1 Å². The molecule has 10 nitrogen and oxygen atoms in total. The van der Waals surface area contributed by atoms with Crippen LogP contribution in [-0.2, 0) is 21.5 Å². The Bertz CT molecular complexity index is 2080. The number of rotatable bonds is 7. The minimum atomic E-state index is -3.99. The topological polar surface area (TPSA) is 104 Å². The largest absolute Gasteiger partial charge is 0.497 e. The van der Waals surface area contributed by atoms with E-state index in [1.807, 2.05) is 47.4 Å². The Labute approximate surface area is 294 Å². The molecule has 7 rings (SSSR count). The Balaban J connectivity index is 1.41. The van der Waals surface area contributed by atoms with E-state index in [4.69, 9.17) is 4.74 Å². The van der Waals surface area contributed by atoms with Crippen LogP contribution in [0.15, 0.2) is 72.3 Å². The number of hydrogen-bond donors (Lipinski definition) is 1. The molecule has 2 amide bonds. The Morgan fingerprint density at radius 2 is 1.70 bits per heavy atom. The second kappa shape index (κ2) is 13.7. The summed E-state index contributed by atoms with van der Waals surface area (Å²) in [5.74, 6) is 0.284. The van der Waals surface area contributed by atoms with Crippen molar-refractivity contribution >= 4 is 39.0 Å². The highest BCUT2D eigenvalue weighted by atomic mass is 32.2. The van der Waals surface area contributed by atoms with Gasteiger partial charge in [0.2, 0.25) is 0 Å². The molecule has 1 atom stereocenters. The average Bonchev–Trinajstić information content (AvgIpc) is 3.33. The number of methoxy groups -OCH3 is 1. The fourth-order valence-electron chi connectivity index (χ4n) is 7.89. The van der Waals surface area contributed by atoms with Gasteiger partial charge >= 0.3 is 10.2 Å². The van der Waals surface area contributed by atoms with Crippen molar-refractivity contribution in [3.63, 3.8) is 0 Å². The van der Waals surface area contributed by atoms with Crippen molar-refractivity contribution in [2.75, 3.05) is 47.9 Å². The van der Waals surface area contributed by atoms with Crippen LogP contribution < -0.4 is 9.46 Å². The zero-order valence-electron chi connectivity index (χ0n) is 29.2. The molecule has 3 aliphatic rings. The quantitative estimate of drug-likeness (QED) is 0.262. The van der Waals surface area contributed by atoms with Crippen LogP contribution in [0.3, 0.4) is 0 Å². The number of hydrogen-bond acceptors (Lipinski definition) is 6. The molecule has 0 bridgehead atoms. The summed E-state index contributed by atoms with van der Waals surface area (Å²) in [6.07, 6.45) is 7.62. The third-order valence-electron chi connectivity index (χ3n) is 10.6. The maximum Gasteiger partial charge on any atom is 0.303 e. The van der Waals surface area contributed by atoms with Crippen molar-refractivity contribution in [2.24, 2.45) is 0 Å². The SMILES string of the molecule is COc1ccc2c(c1)C=C(C(=O)N1CCN(C)CC1c1ccccc1)Cn1c-2c(C2CCCCC2)c2ccc(C(=O)NS(=O)(=O)N(C)C)cc21. The van der Waals surface area contributed by atoms with E-state index in [0.717, 1.165) is 76.4 Å². The molecule has 2 aliphatic heterocycles. The van der Waals surface area contributed by atoms with Gasteiger partial charge in [-0.05, 0) is 78.9 Å². The number of carbonyl (C=O) groups is 2. The van der Waals surface area contributed by atoms with Crippen LogP contribution in [0.4, 0.5) is 0 Å². The van der Waals surface area contributed by atoms with Gasteiger partial charge in [-0.2, -0.15) is 12.7 Å². The smallest absolute Gasteiger partial charge is 0.303 e.